The first-order chi connectivity index (χ1) is 10.1. The average molecular weight is 289 g/mol. The molecule has 0 fully saturated rings. The fourth-order valence-electron chi connectivity index (χ4n) is 1.73. The van der Waals surface area contributed by atoms with Crippen LogP contribution in [0.1, 0.15) is 21.7 Å². The Morgan fingerprint density at radius 3 is 2.90 bits per heavy atom. The minimum atomic E-state index is -0.995. The Labute approximate surface area is 120 Å². The number of nitrogens with one attached hydrogen (secondary N) is 2. The summed E-state index contributed by atoms with van der Waals surface area (Å²) >= 11 is 0. The lowest BCUT2D eigenvalue weighted by atomic mass is 10.1. The van der Waals surface area contributed by atoms with E-state index < -0.39 is 5.97 Å². The summed E-state index contributed by atoms with van der Waals surface area (Å²) in [6.45, 7) is 0.557. The maximum absolute atomic E-state index is 11.9. The summed E-state index contributed by atoms with van der Waals surface area (Å²) in [5, 5.41) is 18.0. The van der Waals surface area contributed by atoms with Gasteiger partial charge in [0.2, 0.25) is 0 Å². The van der Waals surface area contributed by atoms with Crippen molar-refractivity contribution in [1.29, 1.82) is 0 Å². The fraction of sp³-hybridized carbons (Fsp3) is 0.231. The number of H-pyrrole nitrogens is 1. The van der Waals surface area contributed by atoms with Crippen molar-refractivity contribution in [3.05, 3.63) is 47.5 Å². The Morgan fingerprint density at radius 2 is 2.24 bits per heavy atom. The van der Waals surface area contributed by atoms with Gasteiger partial charge in [0.05, 0.1) is 12.1 Å². The molecule has 0 saturated heterocycles. The molecule has 2 aromatic rings. The highest BCUT2D eigenvalue weighted by molar-refractivity contribution is 5.87. The quantitative estimate of drug-likeness (QED) is 0.755. The molecule has 2 rings (SSSR count). The molecule has 0 aliphatic rings. The molecule has 110 valence electrons. The minimum absolute atomic E-state index is 0.191. The molecule has 21 heavy (non-hydrogen) atoms. The lowest BCUT2D eigenvalue weighted by Gasteiger charge is -2.16. The molecule has 0 radical (unpaired) electrons. The molecular weight excluding hydrogens is 274 g/mol. The number of carboxylic acid groups (broad SMARTS) is 1. The molecule has 0 saturated carbocycles. The topological polar surface area (TPSA) is 111 Å². The predicted molar refractivity (Wildman–Crippen MR) is 73.5 cm³/mol. The number of carbonyl (C=O) groups excluding carboxylic acids is 1. The first-order valence-corrected chi connectivity index (χ1v) is 6.21. The second-order valence-corrected chi connectivity index (χ2v) is 4.45. The number of carboxylic acids is 1. The van der Waals surface area contributed by atoms with E-state index in [9.17, 15) is 9.59 Å². The summed E-state index contributed by atoms with van der Waals surface area (Å²) in [4.78, 5) is 28.1. The van der Waals surface area contributed by atoms with Gasteiger partial charge in [-0.05, 0) is 17.7 Å². The van der Waals surface area contributed by atoms with E-state index in [1.165, 1.54) is 23.4 Å². The number of hydrogen-bond donors (Lipinski definition) is 3. The van der Waals surface area contributed by atoms with Gasteiger partial charge in [-0.1, -0.05) is 12.1 Å². The third-order valence-corrected chi connectivity index (χ3v) is 2.82. The molecule has 2 amide bonds. The first-order valence-electron chi connectivity index (χ1n) is 6.21. The van der Waals surface area contributed by atoms with Gasteiger partial charge < -0.3 is 15.3 Å². The minimum Gasteiger partial charge on any atom is -0.478 e. The van der Waals surface area contributed by atoms with Crippen LogP contribution in [-0.4, -0.2) is 44.2 Å². The highest BCUT2D eigenvalue weighted by Gasteiger charge is 2.10. The lowest BCUT2D eigenvalue weighted by molar-refractivity contribution is 0.0696. The van der Waals surface area contributed by atoms with Crippen LogP contribution >= 0.6 is 0 Å². The van der Waals surface area contributed by atoms with Crippen LogP contribution in [0.4, 0.5) is 4.79 Å². The number of hydrogen-bond acceptors (Lipinski definition) is 4. The Hall–Kier alpha value is -2.90. The van der Waals surface area contributed by atoms with Crippen LogP contribution in [0.3, 0.4) is 0 Å². The number of carbonyl (C=O) groups is 2. The molecule has 8 heteroatoms. The number of nitrogens with zero attached hydrogens (tertiary/aromatic N) is 3. The van der Waals surface area contributed by atoms with Gasteiger partial charge in [0.1, 0.15) is 12.2 Å². The second-order valence-electron chi connectivity index (χ2n) is 4.45. The third-order valence-electron chi connectivity index (χ3n) is 2.82. The Bertz CT molecular complexity index is 626. The molecule has 0 unspecified atom stereocenters. The van der Waals surface area contributed by atoms with Crippen molar-refractivity contribution in [3.63, 3.8) is 0 Å². The van der Waals surface area contributed by atoms with E-state index in [1.54, 1.807) is 19.2 Å². The van der Waals surface area contributed by atoms with Crippen molar-refractivity contribution in [2.45, 2.75) is 13.1 Å². The second kappa shape index (κ2) is 6.51. The monoisotopic (exact) mass is 289 g/mol. The van der Waals surface area contributed by atoms with Crippen LogP contribution in [-0.2, 0) is 13.1 Å². The molecule has 1 aromatic carbocycles. The van der Waals surface area contributed by atoms with Gasteiger partial charge in [0, 0.05) is 13.6 Å². The van der Waals surface area contributed by atoms with Crippen LogP contribution in [0.25, 0.3) is 0 Å². The van der Waals surface area contributed by atoms with Crippen molar-refractivity contribution < 1.29 is 14.7 Å². The predicted octanol–water partition coefficient (Wildman–Crippen LogP) is 0.844. The molecule has 0 aliphatic carbocycles. The van der Waals surface area contributed by atoms with Gasteiger partial charge >= 0.3 is 12.0 Å². The molecule has 0 aliphatic heterocycles. The Kier molecular flexibility index (Phi) is 4.50. The molecule has 0 bridgehead atoms. The standard InChI is InChI=1S/C13H15N5O3/c1-18(7-11-15-8-16-17-11)13(21)14-6-9-3-2-4-10(5-9)12(19)20/h2-5,8H,6-7H2,1H3,(H,14,21)(H,19,20)(H,15,16,17). The number of amides is 2. The first kappa shape index (κ1) is 14.5. The van der Waals surface area contributed by atoms with Crippen LogP contribution in [0.5, 0.6) is 0 Å². The number of aromatic nitrogens is 3. The van der Waals surface area contributed by atoms with Crippen molar-refractivity contribution in [3.8, 4) is 0 Å². The van der Waals surface area contributed by atoms with Crippen LogP contribution in [0.2, 0.25) is 0 Å². The largest absolute Gasteiger partial charge is 0.478 e. The number of urea groups is 1. The van der Waals surface area contributed by atoms with E-state index in [-0.39, 0.29) is 18.1 Å². The van der Waals surface area contributed by atoms with Crippen molar-refractivity contribution in [1.82, 2.24) is 25.4 Å². The summed E-state index contributed by atoms with van der Waals surface area (Å²) in [7, 11) is 1.63. The Balaban J connectivity index is 1.88. The maximum atomic E-state index is 11.9. The molecular formula is C13H15N5O3. The molecule has 1 aromatic heterocycles. The van der Waals surface area contributed by atoms with Gasteiger partial charge in [-0.25, -0.2) is 14.6 Å². The molecule has 0 spiro atoms. The zero-order valence-corrected chi connectivity index (χ0v) is 11.4. The zero-order chi connectivity index (χ0) is 15.2. The number of aromatic carboxylic acids is 1. The zero-order valence-electron chi connectivity index (χ0n) is 11.4. The summed E-state index contributed by atoms with van der Waals surface area (Å²) in [6, 6.07) is 6.14. The van der Waals surface area contributed by atoms with E-state index in [2.05, 4.69) is 20.5 Å². The van der Waals surface area contributed by atoms with Gasteiger partial charge in [-0.2, -0.15) is 5.10 Å². The number of aromatic amines is 1. The summed E-state index contributed by atoms with van der Waals surface area (Å²) in [5.74, 6) is -0.411. The van der Waals surface area contributed by atoms with Crippen molar-refractivity contribution in [2.75, 3.05) is 7.05 Å². The van der Waals surface area contributed by atoms with Gasteiger partial charge in [0.15, 0.2) is 0 Å². The summed E-state index contributed by atoms with van der Waals surface area (Å²) < 4.78 is 0. The average Bonchev–Trinajstić information content (AvgIpc) is 2.97. The molecule has 1 heterocycles. The van der Waals surface area contributed by atoms with E-state index in [1.807, 2.05) is 0 Å². The van der Waals surface area contributed by atoms with Crippen LogP contribution in [0, 0.1) is 0 Å². The maximum Gasteiger partial charge on any atom is 0.335 e. The van der Waals surface area contributed by atoms with Gasteiger partial charge in [-0.3, -0.25) is 5.10 Å². The smallest absolute Gasteiger partial charge is 0.335 e. The fourth-order valence-corrected chi connectivity index (χ4v) is 1.73. The summed E-state index contributed by atoms with van der Waals surface area (Å²) in [5.41, 5.74) is 0.910. The van der Waals surface area contributed by atoms with Crippen LogP contribution in [0.15, 0.2) is 30.6 Å². The third kappa shape index (κ3) is 4.03. The van der Waals surface area contributed by atoms with Gasteiger partial charge in [-0.15, -0.1) is 0 Å². The SMILES string of the molecule is CN(Cc1ncn[nH]1)C(=O)NCc1cccc(C(=O)O)c1. The highest BCUT2D eigenvalue weighted by Crippen LogP contribution is 2.05. The van der Waals surface area contributed by atoms with Crippen molar-refractivity contribution >= 4 is 12.0 Å². The highest BCUT2D eigenvalue weighted by atomic mass is 16.4. The van der Waals surface area contributed by atoms with Crippen LogP contribution < -0.4 is 5.32 Å². The van der Waals surface area contributed by atoms with Gasteiger partial charge in [0.25, 0.3) is 0 Å². The van der Waals surface area contributed by atoms with E-state index in [0.29, 0.717) is 12.4 Å². The van der Waals surface area contributed by atoms with E-state index in [4.69, 9.17) is 5.11 Å². The van der Waals surface area contributed by atoms with E-state index in [0.717, 1.165) is 5.56 Å². The molecule has 8 nitrogen and oxygen atoms in total. The lowest BCUT2D eigenvalue weighted by Crippen LogP contribution is -2.36. The Morgan fingerprint density at radius 1 is 1.43 bits per heavy atom. The van der Waals surface area contributed by atoms with E-state index >= 15 is 0 Å². The molecule has 0 atom stereocenters. The number of rotatable bonds is 5. The normalized spacial score (nSPS) is 10.1. The molecule has 3 N–H and O–H groups in total. The number of benzene rings is 1. The van der Waals surface area contributed by atoms with Crippen molar-refractivity contribution in [2.24, 2.45) is 0 Å². The summed E-state index contributed by atoms with van der Waals surface area (Å²) in [6.07, 6.45) is 1.37.